The standard InChI is InChI=1S/C16H25N3O/c1-20-8-3-13-10-16(13)14-9-15(12-18-11-14)19-6-2-4-17-5-7-19/h9,11-13,16-17H,2-8,10H2,1H3/t13-,16-/m1/s1. The molecule has 0 radical (unpaired) electrons. The second-order valence-electron chi connectivity index (χ2n) is 5.95. The van der Waals surface area contributed by atoms with E-state index < -0.39 is 0 Å². The number of methoxy groups -OCH3 is 1. The van der Waals surface area contributed by atoms with Crippen LogP contribution in [0.1, 0.15) is 30.7 Å². The van der Waals surface area contributed by atoms with Gasteiger partial charge in [0, 0.05) is 39.5 Å². The molecule has 1 N–H and O–H groups in total. The molecule has 1 aliphatic heterocycles. The molecule has 1 aliphatic carbocycles. The fraction of sp³-hybridized carbons (Fsp3) is 0.688. The second kappa shape index (κ2) is 6.55. The molecule has 110 valence electrons. The number of hydrogen-bond acceptors (Lipinski definition) is 4. The summed E-state index contributed by atoms with van der Waals surface area (Å²) in [4.78, 5) is 6.93. The molecule has 0 aromatic carbocycles. The van der Waals surface area contributed by atoms with Crippen molar-refractivity contribution in [3.8, 4) is 0 Å². The summed E-state index contributed by atoms with van der Waals surface area (Å²) in [5.74, 6) is 1.51. The minimum atomic E-state index is 0.711. The number of nitrogens with one attached hydrogen (secondary N) is 1. The third kappa shape index (κ3) is 3.30. The van der Waals surface area contributed by atoms with Gasteiger partial charge in [0.2, 0.25) is 0 Å². The van der Waals surface area contributed by atoms with E-state index in [9.17, 15) is 0 Å². The van der Waals surface area contributed by atoms with Gasteiger partial charge in [-0.25, -0.2) is 0 Å². The van der Waals surface area contributed by atoms with Crippen LogP contribution in [0.5, 0.6) is 0 Å². The van der Waals surface area contributed by atoms with Crippen molar-refractivity contribution in [3.05, 3.63) is 24.0 Å². The lowest BCUT2D eigenvalue weighted by molar-refractivity contribution is 0.189. The molecule has 1 aromatic rings. The van der Waals surface area contributed by atoms with Crippen LogP contribution in [0.25, 0.3) is 0 Å². The lowest BCUT2D eigenvalue weighted by Gasteiger charge is -2.22. The Kier molecular flexibility index (Phi) is 4.53. The Balaban J connectivity index is 1.64. The van der Waals surface area contributed by atoms with Gasteiger partial charge in [-0.3, -0.25) is 4.98 Å². The van der Waals surface area contributed by atoms with Crippen molar-refractivity contribution in [2.24, 2.45) is 5.92 Å². The smallest absolute Gasteiger partial charge is 0.0556 e. The van der Waals surface area contributed by atoms with Crippen molar-refractivity contribution in [1.82, 2.24) is 10.3 Å². The number of ether oxygens (including phenoxy) is 1. The van der Waals surface area contributed by atoms with Gasteiger partial charge >= 0.3 is 0 Å². The first-order valence-corrected chi connectivity index (χ1v) is 7.78. The molecule has 1 aromatic heterocycles. The summed E-state index contributed by atoms with van der Waals surface area (Å²) >= 11 is 0. The molecule has 0 bridgehead atoms. The summed E-state index contributed by atoms with van der Waals surface area (Å²) in [7, 11) is 1.78. The molecule has 4 heteroatoms. The van der Waals surface area contributed by atoms with Gasteiger partial charge in [0.25, 0.3) is 0 Å². The molecule has 0 unspecified atom stereocenters. The predicted molar refractivity (Wildman–Crippen MR) is 81.3 cm³/mol. The maximum Gasteiger partial charge on any atom is 0.0556 e. The van der Waals surface area contributed by atoms with E-state index in [2.05, 4.69) is 27.5 Å². The highest BCUT2D eigenvalue weighted by molar-refractivity contribution is 5.48. The van der Waals surface area contributed by atoms with E-state index in [0.717, 1.165) is 38.7 Å². The van der Waals surface area contributed by atoms with Crippen molar-refractivity contribution < 1.29 is 4.74 Å². The molecule has 1 saturated heterocycles. The molecule has 2 atom stereocenters. The molecule has 0 spiro atoms. The number of aromatic nitrogens is 1. The molecular formula is C16H25N3O. The Hall–Kier alpha value is -1.13. The van der Waals surface area contributed by atoms with Gasteiger partial charge in [-0.15, -0.1) is 0 Å². The Morgan fingerprint density at radius 2 is 2.30 bits per heavy atom. The molecule has 2 aliphatic rings. The zero-order valence-electron chi connectivity index (χ0n) is 12.3. The SMILES string of the molecule is COCC[C@@H]1C[C@H]1c1cncc(N2CCCNCC2)c1. The van der Waals surface area contributed by atoms with Gasteiger partial charge in [-0.2, -0.15) is 0 Å². The molecule has 1 saturated carbocycles. The first kappa shape index (κ1) is 13.8. The van der Waals surface area contributed by atoms with E-state index in [-0.39, 0.29) is 0 Å². The number of anilines is 1. The van der Waals surface area contributed by atoms with E-state index in [1.54, 1.807) is 7.11 Å². The fourth-order valence-electron chi connectivity index (χ4n) is 3.17. The summed E-state index contributed by atoms with van der Waals surface area (Å²) in [6, 6.07) is 2.36. The van der Waals surface area contributed by atoms with E-state index >= 15 is 0 Å². The molecule has 0 amide bonds. The Bertz CT molecular complexity index is 429. The van der Waals surface area contributed by atoms with Gasteiger partial charge in [-0.1, -0.05) is 0 Å². The maximum absolute atomic E-state index is 5.18. The molecule has 2 fully saturated rings. The van der Waals surface area contributed by atoms with E-state index in [1.165, 1.54) is 30.5 Å². The van der Waals surface area contributed by atoms with E-state index in [4.69, 9.17) is 4.74 Å². The Morgan fingerprint density at radius 3 is 3.20 bits per heavy atom. The lowest BCUT2D eigenvalue weighted by atomic mass is 10.1. The zero-order valence-corrected chi connectivity index (χ0v) is 12.3. The summed E-state index contributed by atoms with van der Waals surface area (Å²) in [5, 5.41) is 3.45. The van der Waals surface area contributed by atoms with Gasteiger partial charge < -0.3 is 15.0 Å². The first-order valence-electron chi connectivity index (χ1n) is 7.78. The molecule has 2 heterocycles. The van der Waals surface area contributed by atoms with Crippen molar-refractivity contribution in [2.75, 3.05) is 44.8 Å². The number of pyridine rings is 1. The van der Waals surface area contributed by atoms with Crippen molar-refractivity contribution in [2.45, 2.75) is 25.2 Å². The van der Waals surface area contributed by atoms with Gasteiger partial charge in [0.05, 0.1) is 11.9 Å². The minimum Gasteiger partial charge on any atom is -0.385 e. The summed E-state index contributed by atoms with van der Waals surface area (Å²) in [5.41, 5.74) is 2.71. The maximum atomic E-state index is 5.18. The van der Waals surface area contributed by atoms with Crippen molar-refractivity contribution in [3.63, 3.8) is 0 Å². The van der Waals surface area contributed by atoms with Crippen LogP contribution in [0, 0.1) is 5.92 Å². The van der Waals surface area contributed by atoms with Crippen LogP contribution in [-0.4, -0.2) is 44.9 Å². The Morgan fingerprint density at radius 1 is 1.35 bits per heavy atom. The number of nitrogens with zero attached hydrogens (tertiary/aromatic N) is 2. The third-order valence-corrected chi connectivity index (χ3v) is 4.49. The van der Waals surface area contributed by atoms with Crippen LogP contribution in [0.2, 0.25) is 0 Å². The zero-order chi connectivity index (χ0) is 13.8. The predicted octanol–water partition coefficient (Wildman–Crippen LogP) is 2.02. The first-order chi connectivity index (χ1) is 9.88. The highest BCUT2D eigenvalue weighted by Gasteiger charge is 2.38. The summed E-state index contributed by atoms with van der Waals surface area (Å²) < 4.78 is 5.18. The van der Waals surface area contributed by atoms with E-state index in [1.807, 2.05) is 6.20 Å². The van der Waals surface area contributed by atoms with Gasteiger partial charge in [0.15, 0.2) is 0 Å². The third-order valence-electron chi connectivity index (χ3n) is 4.49. The van der Waals surface area contributed by atoms with Gasteiger partial charge in [-0.05, 0) is 49.3 Å². The Labute approximate surface area is 121 Å². The molecule has 3 rings (SSSR count). The monoisotopic (exact) mass is 275 g/mol. The van der Waals surface area contributed by atoms with E-state index in [0.29, 0.717) is 5.92 Å². The highest BCUT2D eigenvalue weighted by atomic mass is 16.5. The normalized spacial score (nSPS) is 26.4. The topological polar surface area (TPSA) is 37.4 Å². The number of hydrogen-bond donors (Lipinski definition) is 1. The lowest BCUT2D eigenvalue weighted by Crippen LogP contribution is -2.27. The molecule has 4 nitrogen and oxygen atoms in total. The average molecular weight is 275 g/mol. The minimum absolute atomic E-state index is 0.711. The number of rotatable bonds is 5. The summed E-state index contributed by atoms with van der Waals surface area (Å²) in [6.07, 6.45) is 7.76. The van der Waals surface area contributed by atoms with Crippen LogP contribution < -0.4 is 10.2 Å². The van der Waals surface area contributed by atoms with Crippen LogP contribution in [0.4, 0.5) is 5.69 Å². The second-order valence-corrected chi connectivity index (χ2v) is 5.95. The summed E-state index contributed by atoms with van der Waals surface area (Å²) in [6.45, 7) is 5.31. The van der Waals surface area contributed by atoms with Gasteiger partial charge in [0.1, 0.15) is 0 Å². The average Bonchev–Trinajstić information content (AvgIpc) is 3.29. The van der Waals surface area contributed by atoms with Crippen LogP contribution >= 0.6 is 0 Å². The van der Waals surface area contributed by atoms with Crippen molar-refractivity contribution >= 4 is 5.69 Å². The quantitative estimate of drug-likeness (QED) is 0.892. The molecular weight excluding hydrogens is 250 g/mol. The molecule has 20 heavy (non-hydrogen) atoms. The van der Waals surface area contributed by atoms with Crippen LogP contribution in [-0.2, 0) is 4.74 Å². The van der Waals surface area contributed by atoms with Crippen LogP contribution in [0.15, 0.2) is 18.5 Å². The van der Waals surface area contributed by atoms with Crippen LogP contribution in [0.3, 0.4) is 0 Å². The fourth-order valence-corrected chi connectivity index (χ4v) is 3.17. The van der Waals surface area contributed by atoms with Crippen molar-refractivity contribution in [1.29, 1.82) is 0 Å². The largest absolute Gasteiger partial charge is 0.385 e. The highest BCUT2D eigenvalue weighted by Crippen LogP contribution is 2.49.